The van der Waals surface area contributed by atoms with Gasteiger partial charge in [-0.25, -0.2) is 4.39 Å². The molecule has 1 amide bonds. The van der Waals surface area contributed by atoms with Crippen molar-refractivity contribution in [2.24, 2.45) is 0 Å². The zero-order valence-electron chi connectivity index (χ0n) is 14.7. The van der Waals surface area contributed by atoms with E-state index in [0.29, 0.717) is 29.1 Å². The van der Waals surface area contributed by atoms with Gasteiger partial charge >= 0.3 is 0 Å². The third kappa shape index (κ3) is 4.36. The van der Waals surface area contributed by atoms with E-state index in [1.54, 1.807) is 19.1 Å². The summed E-state index contributed by atoms with van der Waals surface area (Å²) >= 11 is 0. The van der Waals surface area contributed by atoms with Crippen molar-refractivity contribution in [3.05, 3.63) is 77.2 Å². The number of benzene rings is 2. The van der Waals surface area contributed by atoms with Crippen LogP contribution in [0.2, 0.25) is 0 Å². The van der Waals surface area contributed by atoms with Gasteiger partial charge in [-0.05, 0) is 43.9 Å². The fourth-order valence-corrected chi connectivity index (χ4v) is 2.85. The highest BCUT2D eigenvalue weighted by atomic mass is 19.1. The summed E-state index contributed by atoms with van der Waals surface area (Å²) in [5.41, 5.74) is 2.65. The van der Waals surface area contributed by atoms with Gasteiger partial charge in [0, 0.05) is 12.1 Å². The molecule has 0 saturated heterocycles. The van der Waals surface area contributed by atoms with Gasteiger partial charge in [0.25, 0.3) is 5.91 Å². The molecule has 1 heterocycles. The molecule has 3 rings (SSSR count). The number of unbranched alkanes of at least 4 members (excludes halogenated alkanes) is 1. The molecule has 0 atom stereocenters. The predicted molar refractivity (Wildman–Crippen MR) is 98.3 cm³/mol. The molecule has 0 aliphatic carbocycles. The van der Waals surface area contributed by atoms with Gasteiger partial charge in [0.1, 0.15) is 11.4 Å². The summed E-state index contributed by atoms with van der Waals surface area (Å²) in [5, 5.41) is 6.77. The molecule has 1 N–H and O–H groups in total. The Morgan fingerprint density at radius 1 is 1.12 bits per heavy atom. The number of carbonyl (C=O) groups excluding carboxylic acids is 1. The van der Waals surface area contributed by atoms with Crippen LogP contribution in [0.4, 0.5) is 4.39 Å². The molecule has 134 valence electrons. The molecular weight excluding hydrogens is 331 g/mol. The molecule has 0 saturated carbocycles. The Labute approximate surface area is 152 Å². The van der Waals surface area contributed by atoms with Gasteiger partial charge in [-0.3, -0.25) is 4.79 Å². The summed E-state index contributed by atoms with van der Waals surface area (Å²) < 4.78 is 18.7. The summed E-state index contributed by atoms with van der Waals surface area (Å²) in [5.74, 6) is -0.338. The van der Waals surface area contributed by atoms with Gasteiger partial charge in [0.05, 0.1) is 5.69 Å². The molecule has 26 heavy (non-hydrogen) atoms. The minimum absolute atomic E-state index is 0.247. The maximum absolute atomic E-state index is 13.5. The van der Waals surface area contributed by atoms with Crippen LogP contribution in [0.5, 0.6) is 0 Å². The van der Waals surface area contributed by atoms with E-state index >= 15 is 0 Å². The summed E-state index contributed by atoms with van der Waals surface area (Å²) in [4.78, 5) is 12.5. The average molecular weight is 352 g/mol. The second kappa shape index (κ2) is 8.43. The third-order valence-electron chi connectivity index (χ3n) is 4.20. The maximum atomic E-state index is 13.5. The number of nitrogens with zero attached hydrogens (tertiary/aromatic N) is 1. The van der Waals surface area contributed by atoms with Crippen LogP contribution >= 0.6 is 0 Å². The SMILES string of the molecule is Cc1noc(-c2cccc(F)c2)c1C(=O)NCCCCc1ccccc1. The average Bonchev–Trinajstić information content (AvgIpc) is 3.04. The van der Waals surface area contributed by atoms with Gasteiger partial charge in [-0.2, -0.15) is 0 Å². The first kappa shape index (κ1) is 17.9. The zero-order chi connectivity index (χ0) is 18.4. The van der Waals surface area contributed by atoms with Crippen molar-refractivity contribution in [3.63, 3.8) is 0 Å². The van der Waals surface area contributed by atoms with Gasteiger partial charge in [-0.1, -0.05) is 47.6 Å². The molecule has 5 heteroatoms. The first-order valence-electron chi connectivity index (χ1n) is 8.69. The van der Waals surface area contributed by atoms with Crippen molar-refractivity contribution >= 4 is 5.91 Å². The molecule has 0 unspecified atom stereocenters. The second-order valence-corrected chi connectivity index (χ2v) is 6.18. The number of amides is 1. The Hall–Kier alpha value is -2.95. The molecule has 2 aromatic carbocycles. The van der Waals surface area contributed by atoms with E-state index in [4.69, 9.17) is 4.52 Å². The van der Waals surface area contributed by atoms with E-state index in [1.165, 1.54) is 17.7 Å². The van der Waals surface area contributed by atoms with E-state index in [0.717, 1.165) is 19.3 Å². The van der Waals surface area contributed by atoms with Crippen molar-refractivity contribution < 1.29 is 13.7 Å². The van der Waals surface area contributed by atoms with Crippen LogP contribution in [-0.4, -0.2) is 17.6 Å². The van der Waals surface area contributed by atoms with E-state index in [-0.39, 0.29) is 11.7 Å². The quantitative estimate of drug-likeness (QED) is 0.635. The summed E-state index contributed by atoms with van der Waals surface area (Å²) in [7, 11) is 0. The van der Waals surface area contributed by atoms with E-state index in [9.17, 15) is 9.18 Å². The lowest BCUT2D eigenvalue weighted by Crippen LogP contribution is -2.25. The largest absolute Gasteiger partial charge is 0.355 e. The Morgan fingerprint density at radius 2 is 1.92 bits per heavy atom. The van der Waals surface area contributed by atoms with Crippen molar-refractivity contribution in [1.82, 2.24) is 10.5 Å². The van der Waals surface area contributed by atoms with Crippen LogP contribution in [0, 0.1) is 12.7 Å². The molecule has 3 aromatic rings. The van der Waals surface area contributed by atoms with Crippen LogP contribution in [0.25, 0.3) is 11.3 Å². The lowest BCUT2D eigenvalue weighted by Gasteiger charge is -2.06. The zero-order valence-corrected chi connectivity index (χ0v) is 14.7. The van der Waals surface area contributed by atoms with Gasteiger partial charge in [-0.15, -0.1) is 0 Å². The van der Waals surface area contributed by atoms with Gasteiger partial charge in [0.15, 0.2) is 5.76 Å². The minimum atomic E-state index is -0.385. The molecule has 0 spiro atoms. The number of aromatic nitrogens is 1. The highest BCUT2D eigenvalue weighted by Gasteiger charge is 2.21. The number of rotatable bonds is 7. The Kier molecular flexibility index (Phi) is 5.79. The van der Waals surface area contributed by atoms with Crippen LogP contribution < -0.4 is 5.32 Å². The van der Waals surface area contributed by atoms with Crippen LogP contribution in [0.3, 0.4) is 0 Å². The van der Waals surface area contributed by atoms with E-state index in [2.05, 4.69) is 22.6 Å². The summed E-state index contributed by atoms with van der Waals surface area (Å²) in [6, 6.07) is 16.2. The molecule has 0 bridgehead atoms. The van der Waals surface area contributed by atoms with E-state index in [1.807, 2.05) is 18.2 Å². The topological polar surface area (TPSA) is 55.1 Å². The molecule has 0 aliphatic rings. The fraction of sp³-hybridized carbons (Fsp3) is 0.238. The van der Waals surface area contributed by atoms with Crippen molar-refractivity contribution in [3.8, 4) is 11.3 Å². The Bertz CT molecular complexity index is 875. The maximum Gasteiger partial charge on any atom is 0.257 e. The number of carbonyl (C=O) groups is 1. The van der Waals surface area contributed by atoms with Crippen LogP contribution in [-0.2, 0) is 6.42 Å². The van der Waals surface area contributed by atoms with Crippen molar-refractivity contribution in [2.45, 2.75) is 26.2 Å². The number of nitrogens with one attached hydrogen (secondary N) is 1. The Balaban J connectivity index is 1.57. The third-order valence-corrected chi connectivity index (χ3v) is 4.20. The number of halogens is 1. The molecule has 0 fully saturated rings. The highest BCUT2D eigenvalue weighted by Crippen LogP contribution is 2.26. The molecular formula is C21H21FN2O2. The summed E-state index contributed by atoms with van der Waals surface area (Å²) in [6.45, 7) is 2.27. The van der Waals surface area contributed by atoms with Crippen molar-refractivity contribution in [1.29, 1.82) is 0 Å². The first-order valence-corrected chi connectivity index (χ1v) is 8.69. The standard InChI is InChI=1S/C21H21FN2O2/c1-15-19(20(26-24-15)17-11-7-12-18(22)14-17)21(25)23-13-6-5-10-16-8-3-2-4-9-16/h2-4,7-9,11-12,14H,5-6,10,13H2,1H3,(H,23,25). The van der Waals surface area contributed by atoms with Crippen LogP contribution in [0.15, 0.2) is 59.1 Å². The molecule has 0 radical (unpaired) electrons. The van der Waals surface area contributed by atoms with E-state index < -0.39 is 0 Å². The van der Waals surface area contributed by atoms with Crippen molar-refractivity contribution in [2.75, 3.05) is 6.54 Å². The first-order chi connectivity index (χ1) is 12.6. The lowest BCUT2D eigenvalue weighted by molar-refractivity contribution is 0.0952. The molecule has 0 aliphatic heterocycles. The lowest BCUT2D eigenvalue weighted by atomic mass is 10.1. The molecule has 1 aromatic heterocycles. The number of hydrogen-bond acceptors (Lipinski definition) is 3. The van der Waals surface area contributed by atoms with Gasteiger partial charge in [0.2, 0.25) is 0 Å². The van der Waals surface area contributed by atoms with Crippen LogP contribution in [0.1, 0.15) is 34.5 Å². The highest BCUT2D eigenvalue weighted by molar-refractivity contribution is 6.00. The minimum Gasteiger partial charge on any atom is -0.355 e. The Morgan fingerprint density at radius 3 is 2.69 bits per heavy atom. The summed E-state index contributed by atoms with van der Waals surface area (Å²) in [6.07, 6.45) is 2.85. The normalized spacial score (nSPS) is 10.7. The second-order valence-electron chi connectivity index (χ2n) is 6.18. The number of aryl methyl sites for hydroxylation is 2. The smallest absolute Gasteiger partial charge is 0.257 e. The monoisotopic (exact) mass is 352 g/mol. The van der Waals surface area contributed by atoms with Gasteiger partial charge < -0.3 is 9.84 Å². The predicted octanol–water partition coefficient (Wildman–Crippen LogP) is 4.54. The fourth-order valence-electron chi connectivity index (χ4n) is 2.85. The molecule has 4 nitrogen and oxygen atoms in total. The number of hydrogen-bond donors (Lipinski definition) is 1.